The summed E-state index contributed by atoms with van der Waals surface area (Å²) < 4.78 is 27.5. The third-order valence-corrected chi connectivity index (χ3v) is 5.09. The van der Waals surface area contributed by atoms with E-state index in [2.05, 4.69) is 5.32 Å². The predicted octanol–water partition coefficient (Wildman–Crippen LogP) is 1.61. The summed E-state index contributed by atoms with van der Waals surface area (Å²) in [7, 11) is -0.252. The second kappa shape index (κ2) is 7.61. The van der Waals surface area contributed by atoms with E-state index < -0.39 is 10.2 Å². The molecule has 0 aliphatic carbocycles. The second-order valence-electron chi connectivity index (χ2n) is 4.84. The number of anilines is 1. The van der Waals surface area contributed by atoms with Gasteiger partial charge in [-0.2, -0.15) is 12.7 Å². The lowest BCUT2D eigenvalue weighted by molar-refractivity contribution is 0.454. The molecule has 5 nitrogen and oxygen atoms in total. The van der Waals surface area contributed by atoms with Crippen molar-refractivity contribution in [3.8, 4) is 0 Å². The number of nitrogens with zero attached hydrogens (tertiary/aromatic N) is 2. The molecule has 0 saturated heterocycles. The third kappa shape index (κ3) is 4.47. The molecule has 0 aliphatic rings. The minimum atomic E-state index is -3.45. The Morgan fingerprint density at radius 1 is 1.15 bits per heavy atom. The van der Waals surface area contributed by atoms with E-state index in [0.29, 0.717) is 12.2 Å². The van der Waals surface area contributed by atoms with Gasteiger partial charge in [-0.15, -0.1) is 0 Å². The first-order valence-electron chi connectivity index (χ1n) is 6.87. The largest absolute Gasteiger partial charge is 0.317 e. The molecule has 1 N–H and O–H groups in total. The van der Waals surface area contributed by atoms with E-state index >= 15 is 0 Å². The van der Waals surface area contributed by atoms with Gasteiger partial charge in [0.15, 0.2) is 0 Å². The van der Waals surface area contributed by atoms with Crippen molar-refractivity contribution in [2.45, 2.75) is 20.3 Å². The zero-order valence-corrected chi connectivity index (χ0v) is 13.6. The molecule has 0 aliphatic heterocycles. The van der Waals surface area contributed by atoms with E-state index in [1.165, 1.54) is 8.61 Å². The SMILES string of the molecule is CCNCCCN(C)S(=O)(=O)N(C)c1ccc(C)cc1. The number of aryl methyl sites for hydroxylation is 1. The van der Waals surface area contributed by atoms with E-state index in [-0.39, 0.29) is 0 Å². The van der Waals surface area contributed by atoms with Crippen LogP contribution in [-0.2, 0) is 10.2 Å². The fourth-order valence-electron chi connectivity index (χ4n) is 1.82. The van der Waals surface area contributed by atoms with Crippen LogP contribution >= 0.6 is 0 Å². The molecule has 20 heavy (non-hydrogen) atoms. The van der Waals surface area contributed by atoms with Gasteiger partial charge in [-0.1, -0.05) is 24.6 Å². The third-order valence-electron chi connectivity index (χ3n) is 3.21. The maximum absolute atomic E-state index is 12.4. The van der Waals surface area contributed by atoms with Crippen molar-refractivity contribution >= 4 is 15.9 Å². The Labute approximate surface area is 122 Å². The van der Waals surface area contributed by atoms with Crippen LogP contribution < -0.4 is 9.62 Å². The van der Waals surface area contributed by atoms with E-state index in [1.807, 2.05) is 38.1 Å². The summed E-state index contributed by atoms with van der Waals surface area (Å²) >= 11 is 0. The van der Waals surface area contributed by atoms with Gasteiger partial charge in [-0.05, 0) is 38.6 Å². The minimum Gasteiger partial charge on any atom is -0.317 e. The Morgan fingerprint density at radius 3 is 2.30 bits per heavy atom. The molecule has 0 spiro atoms. The Hall–Kier alpha value is -1.11. The summed E-state index contributed by atoms with van der Waals surface area (Å²) in [6.45, 7) is 6.24. The van der Waals surface area contributed by atoms with Crippen molar-refractivity contribution in [3.05, 3.63) is 29.8 Å². The molecule has 0 aromatic heterocycles. The molecule has 0 atom stereocenters. The summed E-state index contributed by atoms with van der Waals surface area (Å²) in [5.74, 6) is 0. The maximum atomic E-state index is 12.4. The molecule has 114 valence electrons. The average Bonchev–Trinajstić information content (AvgIpc) is 2.43. The van der Waals surface area contributed by atoms with Gasteiger partial charge in [0.05, 0.1) is 5.69 Å². The first kappa shape index (κ1) is 16.9. The monoisotopic (exact) mass is 299 g/mol. The molecular formula is C14H25N3O2S. The van der Waals surface area contributed by atoms with Gasteiger partial charge in [-0.25, -0.2) is 0 Å². The Bertz CT molecular complexity index is 500. The summed E-state index contributed by atoms with van der Waals surface area (Å²) in [6.07, 6.45) is 0.797. The van der Waals surface area contributed by atoms with Gasteiger partial charge in [0.2, 0.25) is 0 Å². The van der Waals surface area contributed by atoms with Crippen LogP contribution in [-0.4, -0.2) is 46.5 Å². The van der Waals surface area contributed by atoms with E-state index in [4.69, 9.17) is 0 Å². The molecule has 0 bridgehead atoms. The highest BCUT2D eigenvalue weighted by molar-refractivity contribution is 7.90. The van der Waals surface area contributed by atoms with Crippen LogP contribution in [0.25, 0.3) is 0 Å². The molecule has 6 heteroatoms. The van der Waals surface area contributed by atoms with Crippen LogP contribution in [0, 0.1) is 6.92 Å². The molecule has 1 aromatic rings. The lowest BCUT2D eigenvalue weighted by Gasteiger charge is -2.26. The molecule has 0 fully saturated rings. The van der Waals surface area contributed by atoms with Crippen molar-refractivity contribution in [2.75, 3.05) is 38.0 Å². The van der Waals surface area contributed by atoms with Gasteiger partial charge in [0.25, 0.3) is 0 Å². The average molecular weight is 299 g/mol. The summed E-state index contributed by atoms with van der Waals surface area (Å²) in [5.41, 5.74) is 1.78. The minimum absolute atomic E-state index is 0.505. The Kier molecular flexibility index (Phi) is 6.45. The van der Waals surface area contributed by atoms with E-state index in [0.717, 1.165) is 25.1 Å². The lowest BCUT2D eigenvalue weighted by Crippen LogP contribution is -2.40. The van der Waals surface area contributed by atoms with Crippen molar-refractivity contribution in [1.29, 1.82) is 0 Å². The normalized spacial score (nSPS) is 11.8. The van der Waals surface area contributed by atoms with E-state index in [9.17, 15) is 8.42 Å². The van der Waals surface area contributed by atoms with Gasteiger partial charge in [0, 0.05) is 20.6 Å². The van der Waals surface area contributed by atoms with Crippen molar-refractivity contribution in [1.82, 2.24) is 9.62 Å². The highest BCUT2D eigenvalue weighted by Crippen LogP contribution is 2.18. The smallest absolute Gasteiger partial charge is 0.303 e. The molecule has 0 amide bonds. The zero-order chi connectivity index (χ0) is 15.2. The van der Waals surface area contributed by atoms with Crippen LogP contribution in [0.1, 0.15) is 18.9 Å². The fourth-order valence-corrected chi connectivity index (χ4v) is 2.98. The van der Waals surface area contributed by atoms with Gasteiger partial charge >= 0.3 is 10.2 Å². The summed E-state index contributed by atoms with van der Waals surface area (Å²) in [6, 6.07) is 7.46. The van der Waals surface area contributed by atoms with E-state index in [1.54, 1.807) is 14.1 Å². The molecule has 0 radical (unpaired) electrons. The first-order chi connectivity index (χ1) is 9.39. The number of benzene rings is 1. The van der Waals surface area contributed by atoms with Gasteiger partial charge in [0.1, 0.15) is 0 Å². The van der Waals surface area contributed by atoms with Crippen LogP contribution in [0.2, 0.25) is 0 Å². The van der Waals surface area contributed by atoms with Crippen LogP contribution in [0.5, 0.6) is 0 Å². The molecule has 0 heterocycles. The maximum Gasteiger partial charge on any atom is 0.303 e. The lowest BCUT2D eigenvalue weighted by atomic mass is 10.2. The molecule has 1 aromatic carbocycles. The van der Waals surface area contributed by atoms with Crippen LogP contribution in [0.15, 0.2) is 24.3 Å². The Morgan fingerprint density at radius 2 is 1.75 bits per heavy atom. The number of hydrogen-bond acceptors (Lipinski definition) is 3. The number of nitrogens with one attached hydrogen (secondary N) is 1. The topological polar surface area (TPSA) is 52.7 Å². The molecule has 1 rings (SSSR count). The number of hydrogen-bond donors (Lipinski definition) is 1. The van der Waals surface area contributed by atoms with Gasteiger partial charge in [-0.3, -0.25) is 4.31 Å². The second-order valence-corrected chi connectivity index (χ2v) is 6.91. The van der Waals surface area contributed by atoms with Crippen molar-refractivity contribution < 1.29 is 8.42 Å². The quantitative estimate of drug-likeness (QED) is 0.742. The first-order valence-corrected chi connectivity index (χ1v) is 8.27. The summed E-state index contributed by atoms with van der Waals surface area (Å²) in [5, 5.41) is 3.19. The van der Waals surface area contributed by atoms with Crippen molar-refractivity contribution in [3.63, 3.8) is 0 Å². The summed E-state index contributed by atoms with van der Waals surface area (Å²) in [4.78, 5) is 0. The zero-order valence-electron chi connectivity index (χ0n) is 12.8. The fraction of sp³-hybridized carbons (Fsp3) is 0.571. The van der Waals surface area contributed by atoms with Gasteiger partial charge < -0.3 is 5.32 Å². The molecule has 0 saturated carbocycles. The van der Waals surface area contributed by atoms with Crippen molar-refractivity contribution in [2.24, 2.45) is 0 Å². The predicted molar refractivity (Wildman–Crippen MR) is 84.3 cm³/mol. The number of rotatable bonds is 8. The highest BCUT2D eigenvalue weighted by Gasteiger charge is 2.23. The van der Waals surface area contributed by atoms with Crippen LogP contribution in [0.3, 0.4) is 0 Å². The molecule has 0 unspecified atom stereocenters. The Balaban J connectivity index is 2.69. The highest BCUT2D eigenvalue weighted by atomic mass is 32.2. The van der Waals surface area contributed by atoms with Crippen LogP contribution in [0.4, 0.5) is 5.69 Å². The standard InChI is InChI=1S/C14H25N3O2S/c1-5-15-11-6-12-16(3)20(18,19)17(4)14-9-7-13(2)8-10-14/h7-10,15H,5-6,11-12H2,1-4H3. The molecular weight excluding hydrogens is 274 g/mol.